The van der Waals surface area contributed by atoms with Crippen LogP contribution < -0.4 is 11.3 Å². The first-order valence-electron chi connectivity index (χ1n) is 6.27. The summed E-state index contributed by atoms with van der Waals surface area (Å²) in [5.74, 6) is 7.18. The number of nitrogens with zero attached hydrogens (tertiary/aromatic N) is 2. The lowest BCUT2D eigenvalue weighted by Crippen LogP contribution is -2.37. The Bertz CT molecular complexity index is 357. The molecule has 1 aliphatic rings. The van der Waals surface area contributed by atoms with Crippen molar-refractivity contribution in [2.75, 3.05) is 0 Å². The topological polar surface area (TPSA) is 55.9 Å². The van der Waals surface area contributed by atoms with Gasteiger partial charge in [0.1, 0.15) is 0 Å². The second-order valence-corrected chi connectivity index (χ2v) is 6.03. The summed E-state index contributed by atoms with van der Waals surface area (Å²) < 4.78 is 2.95. The third-order valence-corrected chi connectivity index (χ3v) is 4.47. The number of hydrazine groups is 1. The third-order valence-electron chi connectivity index (χ3n) is 3.86. The van der Waals surface area contributed by atoms with E-state index < -0.39 is 0 Å². The van der Waals surface area contributed by atoms with Gasteiger partial charge in [0.15, 0.2) is 0 Å². The summed E-state index contributed by atoms with van der Waals surface area (Å²) in [6.45, 7) is 2.33. The molecule has 4 nitrogen and oxygen atoms in total. The molecule has 0 saturated heterocycles. The maximum absolute atomic E-state index is 5.77. The van der Waals surface area contributed by atoms with E-state index in [4.69, 9.17) is 5.84 Å². The fourth-order valence-corrected chi connectivity index (χ4v) is 3.59. The Morgan fingerprint density at radius 1 is 1.59 bits per heavy atom. The Morgan fingerprint density at radius 3 is 2.88 bits per heavy atom. The van der Waals surface area contributed by atoms with Crippen molar-refractivity contribution in [3.8, 4) is 0 Å². The number of nitrogens with one attached hydrogen (secondary N) is 1. The fourth-order valence-electron chi connectivity index (χ4n) is 2.99. The van der Waals surface area contributed by atoms with Crippen molar-refractivity contribution >= 4 is 15.9 Å². The highest BCUT2D eigenvalue weighted by Gasteiger charge is 2.30. The highest BCUT2D eigenvalue weighted by molar-refractivity contribution is 9.10. The van der Waals surface area contributed by atoms with Gasteiger partial charge in [-0.05, 0) is 40.6 Å². The summed E-state index contributed by atoms with van der Waals surface area (Å²) in [5, 5.41) is 4.27. The summed E-state index contributed by atoms with van der Waals surface area (Å²) in [7, 11) is 1.97. The molecule has 3 N–H and O–H groups in total. The van der Waals surface area contributed by atoms with Gasteiger partial charge in [-0.3, -0.25) is 16.0 Å². The summed E-state index contributed by atoms with van der Waals surface area (Å²) in [5.41, 5.74) is 4.14. The van der Waals surface area contributed by atoms with Crippen LogP contribution >= 0.6 is 15.9 Å². The number of halogens is 1. The molecule has 1 fully saturated rings. The zero-order valence-electron chi connectivity index (χ0n) is 10.5. The largest absolute Gasteiger partial charge is 0.271 e. The van der Waals surface area contributed by atoms with Crippen LogP contribution in [0.4, 0.5) is 0 Å². The third kappa shape index (κ3) is 2.72. The van der Waals surface area contributed by atoms with E-state index in [-0.39, 0.29) is 6.04 Å². The monoisotopic (exact) mass is 300 g/mol. The highest BCUT2D eigenvalue weighted by atomic mass is 79.9. The molecule has 1 aliphatic carbocycles. The Balaban J connectivity index is 2.21. The SMILES string of the molecule is CC1CCCC(C(NN)c2c(Br)cnn2C)C1. The molecule has 0 aromatic carbocycles. The molecule has 5 heteroatoms. The van der Waals surface area contributed by atoms with Crippen molar-refractivity contribution in [3.63, 3.8) is 0 Å². The van der Waals surface area contributed by atoms with Gasteiger partial charge in [-0.25, -0.2) is 0 Å². The molecule has 1 saturated carbocycles. The molecular formula is C12H21BrN4. The molecule has 1 aromatic heterocycles. The van der Waals surface area contributed by atoms with Gasteiger partial charge in [-0.2, -0.15) is 5.10 Å². The molecular weight excluding hydrogens is 280 g/mol. The highest BCUT2D eigenvalue weighted by Crippen LogP contribution is 2.38. The van der Waals surface area contributed by atoms with Gasteiger partial charge in [0, 0.05) is 7.05 Å². The van der Waals surface area contributed by atoms with Crippen molar-refractivity contribution in [2.45, 2.75) is 38.6 Å². The van der Waals surface area contributed by atoms with E-state index in [0.717, 1.165) is 16.1 Å². The maximum atomic E-state index is 5.77. The van der Waals surface area contributed by atoms with Crippen LogP contribution in [0, 0.1) is 11.8 Å². The molecule has 0 bridgehead atoms. The summed E-state index contributed by atoms with van der Waals surface area (Å²) in [6.07, 6.45) is 6.98. The molecule has 1 aromatic rings. The number of hydrogen-bond acceptors (Lipinski definition) is 3. The molecule has 2 rings (SSSR count). The molecule has 0 amide bonds. The van der Waals surface area contributed by atoms with E-state index in [1.54, 1.807) is 0 Å². The predicted octanol–water partition coefficient (Wildman–Crippen LogP) is 2.51. The van der Waals surface area contributed by atoms with E-state index in [1.165, 1.54) is 25.7 Å². The number of rotatable bonds is 3. The quantitative estimate of drug-likeness (QED) is 0.666. The van der Waals surface area contributed by atoms with Gasteiger partial charge in [0.2, 0.25) is 0 Å². The van der Waals surface area contributed by atoms with Crippen LogP contribution in [0.25, 0.3) is 0 Å². The second kappa shape index (κ2) is 5.50. The van der Waals surface area contributed by atoms with Crippen molar-refractivity contribution in [1.29, 1.82) is 0 Å². The van der Waals surface area contributed by atoms with Crippen molar-refractivity contribution < 1.29 is 0 Å². The smallest absolute Gasteiger partial charge is 0.0708 e. The van der Waals surface area contributed by atoms with Crippen LogP contribution in [0.5, 0.6) is 0 Å². The van der Waals surface area contributed by atoms with E-state index >= 15 is 0 Å². The first kappa shape index (κ1) is 13.1. The van der Waals surface area contributed by atoms with Crippen LogP contribution in [-0.2, 0) is 7.05 Å². The minimum absolute atomic E-state index is 0.194. The Kier molecular flexibility index (Phi) is 4.22. The predicted molar refractivity (Wildman–Crippen MR) is 72.1 cm³/mol. The summed E-state index contributed by atoms with van der Waals surface area (Å²) in [6, 6.07) is 0.194. The maximum Gasteiger partial charge on any atom is 0.0708 e. The number of hydrogen-bond donors (Lipinski definition) is 2. The average Bonchev–Trinajstić information content (AvgIpc) is 2.62. The van der Waals surface area contributed by atoms with E-state index in [9.17, 15) is 0 Å². The zero-order valence-corrected chi connectivity index (χ0v) is 12.1. The first-order chi connectivity index (χ1) is 8.13. The normalized spacial score (nSPS) is 27.1. The van der Waals surface area contributed by atoms with Crippen molar-refractivity contribution in [1.82, 2.24) is 15.2 Å². The first-order valence-corrected chi connectivity index (χ1v) is 7.06. The molecule has 17 heavy (non-hydrogen) atoms. The van der Waals surface area contributed by atoms with Crippen LogP contribution in [0.3, 0.4) is 0 Å². The Hall–Kier alpha value is -0.390. The summed E-state index contributed by atoms with van der Waals surface area (Å²) in [4.78, 5) is 0. The number of aryl methyl sites for hydroxylation is 1. The molecule has 96 valence electrons. The fraction of sp³-hybridized carbons (Fsp3) is 0.750. The number of aromatic nitrogens is 2. The average molecular weight is 301 g/mol. The van der Waals surface area contributed by atoms with Gasteiger partial charge in [0.25, 0.3) is 0 Å². The minimum Gasteiger partial charge on any atom is -0.271 e. The molecule has 1 heterocycles. The van der Waals surface area contributed by atoms with Crippen LogP contribution in [-0.4, -0.2) is 9.78 Å². The molecule has 0 radical (unpaired) electrons. The second-order valence-electron chi connectivity index (χ2n) is 5.18. The van der Waals surface area contributed by atoms with Gasteiger partial charge in [0.05, 0.1) is 22.4 Å². The van der Waals surface area contributed by atoms with Crippen molar-refractivity contribution in [2.24, 2.45) is 24.7 Å². The van der Waals surface area contributed by atoms with Gasteiger partial charge < -0.3 is 0 Å². The Morgan fingerprint density at radius 2 is 2.35 bits per heavy atom. The van der Waals surface area contributed by atoms with E-state index in [0.29, 0.717) is 5.92 Å². The molecule has 3 atom stereocenters. The molecule has 3 unspecified atom stereocenters. The molecule has 0 aliphatic heterocycles. The minimum atomic E-state index is 0.194. The lowest BCUT2D eigenvalue weighted by atomic mass is 9.78. The van der Waals surface area contributed by atoms with Gasteiger partial charge in [-0.15, -0.1) is 0 Å². The zero-order chi connectivity index (χ0) is 12.4. The summed E-state index contributed by atoms with van der Waals surface area (Å²) >= 11 is 3.56. The van der Waals surface area contributed by atoms with Crippen molar-refractivity contribution in [3.05, 3.63) is 16.4 Å². The van der Waals surface area contributed by atoms with Gasteiger partial charge in [-0.1, -0.05) is 19.8 Å². The van der Waals surface area contributed by atoms with E-state index in [1.807, 2.05) is 17.9 Å². The van der Waals surface area contributed by atoms with Crippen LogP contribution in [0.1, 0.15) is 44.3 Å². The van der Waals surface area contributed by atoms with Crippen LogP contribution in [0.15, 0.2) is 10.7 Å². The lowest BCUT2D eigenvalue weighted by molar-refractivity contribution is 0.218. The number of nitrogens with two attached hydrogens (primary N) is 1. The standard InChI is InChI=1S/C12H21BrN4/c1-8-4-3-5-9(6-8)11(16-14)12-10(13)7-15-17(12)2/h7-9,11,16H,3-6,14H2,1-2H3. The Labute approximate surface area is 111 Å². The van der Waals surface area contributed by atoms with Crippen LogP contribution in [0.2, 0.25) is 0 Å². The van der Waals surface area contributed by atoms with E-state index in [2.05, 4.69) is 33.4 Å². The molecule has 0 spiro atoms. The lowest BCUT2D eigenvalue weighted by Gasteiger charge is -2.33. The van der Waals surface area contributed by atoms with Gasteiger partial charge >= 0.3 is 0 Å².